The summed E-state index contributed by atoms with van der Waals surface area (Å²) < 4.78 is 0. The molecule has 2 atom stereocenters. The maximum atomic E-state index is 3.70. The number of nitrogens with zero attached hydrogens (tertiary/aromatic N) is 1. The van der Waals surface area contributed by atoms with Crippen LogP contribution >= 0.6 is 0 Å². The summed E-state index contributed by atoms with van der Waals surface area (Å²) in [4.78, 5) is 2.74. The third-order valence-corrected chi connectivity index (χ3v) is 4.42. The van der Waals surface area contributed by atoms with E-state index in [1.54, 1.807) is 0 Å². The van der Waals surface area contributed by atoms with Crippen molar-refractivity contribution in [3.63, 3.8) is 0 Å². The van der Waals surface area contributed by atoms with Crippen molar-refractivity contribution in [3.05, 3.63) is 35.9 Å². The van der Waals surface area contributed by atoms with Crippen LogP contribution in [0.15, 0.2) is 30.3 Å². The van der Waals surface area contributed by atoms with E-state index < -0.39 is 0 Å². The molecule has 1 aromatic carbocycles. The molecule has 0 amide bonds. The topological polar surface area (TPSA) is 15.3 Å². The summed E-state index contributed by atoms with van der Waals surface area (Å²) in [7, 11) is 0. The number of benzene rings is 1. The van der Waals surface area contributed by atoms with Crippen LogP contribution in [0, 0.1) is 0 Å². The summed E-state index contributed by atoms with van der Waals surface area (Å²) in [6, 6.07) is 11.7. The molecule has 98 valence electrons. The Kier molecular flexibility index (Phi) is 3.96. The van der Waals surface area contributed by atoms with Crippen molar-refractivity contribution in [2.24, 2.45) is 0 Å². The minimum absolute atomic E-state index is 0.648. The molecule has 0 aromatic heterocycles. The summed E-state index contributed by atoms with van der Waals surface area (Å²) in [6.07, 6.45) is 8.67. The molecule has 0 bridgehead atoms. The maximum absolute atomic E-state index is 3.70. The first-order chi connectivity index (χ1) is 8.93. The third-order valence-electron chi connectivity index (χ3n) is 4.42. The zero-order valence-corrected chi connectivity index (χ0v) is 11.1. The van der Waals surface area contributed by atoms with E-state index in [4.69, 9.17) is 0 Å². The Morgan fingerprint density at radius 1 is 1.06 bits per heavy atom. The quantitative estimate of drug-likeness (QED) is 0.860. The number of rotatable bonds is 2. The van der Waals surface area contributed by atoms with Gasteiger partial charge in [0.05, 0.1) is 6.17 Å². The molecule has 18 heavy (non-hydrogen) atoms. The van der Waals surface area contributed by atoms with Crippen LogP contribution in [0.1, 0.15) is 37.7 Å². The zero-order valence-electron chi connectivity index (χ0n) is 11.1. The lowest BCUT2D eigenvalue weighted by molar-refractivity contribution is 0.0830. The standard InChI is InChI=1S/C16H24N2/c1-2-7-14(8-3-1)13-15-9-4-5-10-16-17-11-6-12-18(15)16/h1-3,7-8,15-17H,4-6,9-13H2. The van der Waals surface area contributed by atoms with Gasteiger partial charge in [0.15, 0.2) is 0 Å². The monoisotopic (exact) mass is 244 g/mol. The Bertz CT molecular complexity index is 363. The second-order valence-corrected chi connectivity index (χ2v) is 5.69. The minimum Gasteiger partial charge on any atom is -0.302 e. The molecule has 0 radical (unpaired) electrons. The molecule has 0 aliphatic carbocycles. The van der Waals surface area contributed by atoms with Gasteiger partial charge in [-0.1, -0.05) is 43.2 Å². The van der Waals surface area contributed by atoms with E-state index in [9.17, 15) is 0 Å². The smallest absolute Gasteiger partial charge is 0.0599 e. The van der Waals surface area contributed by atoms with Crippen LogP contribution in [0.5, 0.6) is 0 Å². The van der Waals surface area contributed by atoms with Crippen molar-refractivity contribution < 1.29 is 0 Å². The molecule has 0 spiro atoms. The molecular formula is C16H24N2. The lowest BCUT2D eigenvalue weighted by Gasteiger charge is -2.40. The molecule has 1 N–H and O–H groups in total. The summed E-state index contributed by atoms with van der Waals surface area (Å²) >= 11 is 0. The Morgan fingerprint density at radius 2 is 1.89 bits per heavy atom. The highest BCUT2D eigenvalue weighted by Crippen LogP contribution is 2.25. The number of fused-ring (bicyclic) bond motifs is 1. The van der Waals surface area contributed by atoms with E-state index in [2.05, 4.69) is 40.5 Å². The first-order valence-electron chi connectivity index (χ1n) is 7.46. The SMILES string of the molecule is c1ccc(CC2CCCCC3NCCCN23)cc1. The van der Waals surface area contributed by atoms with Gasteiger partial charge in [-0.15, -0.1) is 0 Å². The normalized spacial score (nSPS) is 29.6. The molecule has 2 aliphatic heterocycles. The Balaban J connectivity index is 1.72. The van der Waals surface area contributed by atoms with Crippen molar-refractivity contribution in [1.82, 2.24) is 10.2 Å². The Hall–Kier alpha value is -0.860. The highest BCUT2D eigenvalue weighted by Gasteiger charge is 2.30. The number of hydrogen-bond donors (Lipinski definition) is 1. The first-order valence-corrected chi connectivity index (χ1v) is 7.46. The Morgan fingerprint density at radius 3 is 2.78 bits per heavy atom. The minimum atomic E-state index is 0.648. The molecule has 0 saturated carbocycles. The lowest BCUT2D eigenvalue weighted by atomic mass is 10.00. The molecular weight excluding hydrogens is 220 g/mol. The molecule has 2 aliphatic rings. The molecule has 2 unspecified atom stereocenters. The van der Waals surface area contributed by atoms with Gasteiger partial charge in [-0.2, -0.15) is 0 Å². The van der Waals surface area contributed by atoms with Gasteiger partial charge in [0.2, 0.25) is 0 Å². The van der Waals surface area contributed by atoms with Crippen LogP contribution in [0.2, 0.25) is 0 Å². The fourth-order valence-electron chi connectivity index (χ4n) is 3.50. The molecule has 2 heterocycles. The molecule has 1 aromatic rings. The van der Waals surface area contributed by atoms with Gasteiger partial charge in [-0.25, -0.2) is 0 Å². The predicted octanol–water partition coefficient (Wildman–Crippen LogP) is 2.79. The maximum Gasteiger partial charge on any atom is 0.0599 e. The van der Waals surface area contributed by atoms with E-state index in [-0.39, 0.29) is 0 Å². The average Bonchev–Trinajstić information content (AvgIpc) is 2.63. The van der Waals surface area contributed by atoms with E-state index in [0.717, 1.165) is 6.04 Å². The fourth-order valence-corrected chi connectivity index (χ4v) is 3.50. The molecule has 2 saturated heterocycles. The van der Waals surface area contributed by atoms with Crippen LogP contribution in [-0.4, -0.2) is 30.2 Å². The van der Waals surface area contributed by atoms with E-state index in [0.29, 0.717) is 6.17 Å². The third kappa shape index (κ3) is 2.76. The summed E-state index contributed by atoms with van der Waals surface area (Å²) in [5, 5.41) is 3.70. The van der Waals surface area contributed by atoms with Gasteiger partial charge in [-0.3, -0.25) is 4.90 Å². The van der Waals surface area contributed by atoms with Crippen molar-refractivity contribution >= 4 is 0 Å². The highest BCUT2D eigenvalue weighted by atomic mass is 15.3. The molecule has 3 rings (SSSR count). The van der Waals surface area contributed by atoms with Crippen molar-refractivity contribution in [1.29, 1.82) is 0 Å². The van der Waals surface area contributed by atoms with Crippen molar-refractivity contribution in [3.8, 4) is 0 Å². The van der Waals surface area contributed by atoms with Gasteiger partial charge in [0.1, 0.15) is 0 Å². The summed E-state index contributed by atoms with van der Waals surface area (Å²) in [5.41, 5.74) is 1.49. The van der Waals surface area contributed by atoms with Crippen molar-refractivity contribution in [2.75, 3.05) is 13.1 Å². The van der Waals surface area contributed by atoms with Gasteiger partial charge in [0.25, 0.3) is 0 Å². The molecule has 2 heteroatoms. The number of hydrogen-bond acceptors (Lipinski definition) is 2. The predicted molar refractivity (Wildman–Crippen MR) is 75.5 cm³/mol. The van der Waals surface area contributed by atoms with Gasteiger partial charge < -0.3 is 5.32 Å². The second kappa shape index (κ2) is 5.85. The van der Waals surface area contributed by atoms with Crippen LogP contribution in [0.25, 0.3) is 0 Å². The zero-order chi connectivity index (χ0) is 12.2. The van der Waals surface area contributed by atoms with E-state index in [1.165, 1.54) is 57.2 Å². The van der Waals surface area contributed by atoms with E-state index in [1.807, 2.05) is 0 Å². The molecule has 2 fully saturated rings. The average molecular weight is 244 g/mol. The summed E-state index contributed by atoms with van der Waals surface area (Å²) in [6.45, 7) is 2.49. The first kappa shape index (κ1) is 12.2. The van der Waals surface area contributed by atoms with Crippen LogP contribution in [-0.2, 0) is 6.42 Å². The van der Waals surface area contributed by atoms with Crippen LogP contribution in [0.3, 0.4) is 0 Å². The van der Waals surface area contributed by atoms with Gasteiger partial charge in [-0.05, 0) is 37.8 Å². The number of nitrogens with one attached hydrogen (secondary N) is 1. The highest BCUT2D eigenvalue weighted by molar-refractivity contribution is 5.16. The van der Waals surface area contributed by atoms with Crippen molar-refractivity contribution in [2.45, 2.75) is 50.7 Å². The molecule has 2 nitrogen and oxygen atoms in total. The van der Waals surface area contributed by atoms with Crippen LogP contribution in [0.4, 0.5) is 0 Å². The van der Waals surface area contributed by atoms with Gasteiger partial charge >= 0.3 is 0 Å². The lowest BCUT2D eigenvalue weighted by Crippen LogP contribution is -2.54. The summed E-state index contributed by atoms with van der Waals surface area (Å²) in [5.74, 6) is 0. The van der Waals surface area contributed by atoms with Crippen LogP contribution < -0.4 is 5.32 Å². The largest absolute Gasteiger partial charge is 0.302 e. The fraction of sp³-hybridized carbons (Fsp3) is 0.625. The second-order valence-electron chi connectivity index (χ2n) is 5.69. The van der Waals surface area contributed by atoms with Gasteiger partial charge in [0, 0.05) is 12.6 Å². The Labute approximate surface area is 110 Å². The van der Waals surface area contributed by atoms with E-state index >= 15 is 0 Å².